The number of benzene rings is 3. The Bertz CT molecular complexity index is 1560. The fourth-order valence-electron chi connectivity index (χ4n) is 4.51. The van der Waals surface area contributed by atoms with Gasteiger partial charge in [0.15, 0.2) is 0 Å². The molecule has 5 rings (SSSR count). The molecule has 39 heavy (non-hydrogen) atoms. The number of nitrogens with two attached hydrogens (primary N) is 1. The van der Waals surface area contributed by atoms with Crippen molar-refractivity contribution in [2.45, 2.75) is 25.7 Å². The van der Waals surface area contributed by atoms with Crippen LogP contribution in [0.3, 0.4) is 0 Å². The molecule has 0 unspecified atom stereocenters. The van der Waals surface area contributed by atoms with Crippen LogP contribution in [-0.4, -0.2) is 22.5 Å². The van der Waals surface area contributed by atoms with Gasteiger partial charge in [0.1, 0.15) is 11.6 Å². The Morgan fingerprint density at radius 2 is 1.72 bits per heavy atom. The van der Waals surface area contributed by atoms with Crippen molar-refractivity contribution in [3.63, 3.8) is 0 Å². The molecule has 0 atom stereocenters. The van der Waals surface area contributed by atoms with Crippen molar-refractivity contribution in [3.8, 4) is 16.9 Å². The molecule has 3 N–H and O–H groups in total. The van der Waals surface area contributed by atoms with E-state index in [0.29, 0.717) is 23.8 Å². The molecular formula is C30H26ClF3N4O. The molecule has 0 aliphatic rings. The molecule has 3 aromatic carbocycles. The summed E-state index contributed by atoms with van der Waals surface area (Å²) in [7, 11) is 0. The van der Waals surface area contributed by atoms with E-state index in [4.69, 9.17) is 17.3 Å². The van der Waals surface area contributed by atoms with Gasteiger partial charge in [0.25, 0.3) is 0 Å². The molecule has 200 valence electrons. The molecule has 9 heteroatoms. The van der Waals surface area contributed by atoms with Gasteiger partial charge in [-0.25, -0.2) is 4.98 Å². The summed E-state index contributed by atoms with van der Waals surface area (Å²) in [5, 5.41) is 4.85. The van der Waals surface area contributed by atoms with Crippen molar-refractivity contribution in [1.29, 1.82) is 0 Å². The third-order valence-corrected chi connectivity index (χ3v) is 6.65. The molecule has 0 aliphatic carbocycles. The van der Waals surface area contributed by atoms with E-state index in [1.165, 1.54) is 12.1 Å². The number of nitrogens with one attached hydrogen (secondary N) is 1. The largest absolute Gasteiger partial charge is 0.573 e. The van der Waals surface area contributed by atoms with E-state index in [-0.39, 0.29) is 5.75 Å². The van der Waals surface area contributed by atoms with Gasteiger partial charge in [-0.15, -0.1) is 13.2 Å². The second kappa shape index (κ2) is 11.4. The Balaban J connectivity index is 1.41. The van der Waals surface area contributed by atoms with Crippen LogP contribution in [0.5, 0.6) is 5.75 Å². The molecule has 5 nitrogen and oxygen atoms in total. The number of aromatic nitrogens is 2. The fraction of sp³-hybridized carbons (Fsp3) is 0.167. The highest BCUT2D eigenvalue weighted by atomic mass is 35.5. The Labute approximate surface area is 229 Å². The summed E-state index contributed by atoms with van der Waals surface area (Å²) in [5.41, 5.74) is 11.4. The number of alkyl halides is 3. The maximum atomic E-state index is 12.6. The number of hydrogen-bond donors (Lipinski definition) is 2. The quantitative estimate of drug-likeness (QED) is 0.195. The summed E-state index contributed by atoms with van der Waals surface area (Å²) in [6.07, 6.45) is 0.605. The fourth-order valence-corrected chi connectivity index (χ4v) is 4.69. The van der Waals surface area contributed by atoms with E-state index in [0.717, 1.165) is 51.8 Å². The lowest BCUT2D eigenvalue weighted by atomic mass is 10.0. The zero-order valence-corrected chi connectivity index (χ0v) is 21.6. The van der Waals surface area contributed by atoms with Crippen molar-refractivity contribution in [3.05, 3.63) is 107 Å². The Morgan fingerprint density at radius 3 is 2.41 bits per heavy atom. The van der Waals surface area contributed by atoms with Crippen LogP contribution >= 0.6 is 11.6 Å². The molecule has 0 amide bonds. The Morgan fingerprint density at radius 1 is 0.949 bits per heavy atom. The number of aryl methyl sites for hydroxylation is 1. The number of halogens is 4. The van der Waals surface area contributed by atoms with Crippen molar-refractivity contribution in [1.82, 2.24) is 9.55 Å². The molecule has 0 saturated carbocycles. The number of nitrogens with zero attached hydrogens (tertiary/aromatic N) is 2. The number of hydrogen-bond acceptors (Lipinski definition) is 4. The van der Waals surface area contributed by atoms with Crippen molar-refractivity contribution in [2.24, 2.45) is 5.73 Å². The van der Waals surface area contributed by atoms with E-state index < -0.39 is 6.36 Å². The standard InChI is InChI=1S/C30H26ClF3N4O/c31-26-4-1-2-5-27(26)37-29-13-7-21(18-36-29)16-20-6-12-28-24(17-20)25(19-38(28)15-3-14-35)22-8-10-23(11-9-22)39-30(32,33)34/h1-2,4-13,17-19H,3,14-16,35H2,(H,36,37). The summed E-state index contributed by atoms with van der Waals surface area (Å²) in [4.78, 5) is 4.53. The summed E-state index contributed by atoms with van der Waals surface area (Å²) in [6, 6.07) is 23.6. The monoisotopic (exact) mass is 550 g/mol. The van der Waals surface area contributed by atoms with Gasteiger partial charge < -0.3 is 20.4 Å². The van der Waals surface area contributed by atoms with Gasteiger partial charge in [0, 0.05) is 35.4 Å². The summed E-state index contributed by atoms with van der Waals surface area (Å²) in [6.45, 7) is 1.30. The summed E-state index contributed by atoms with van der Waals surface area (Å²) in [5.74, 6) is 0.443. The smallest absolute Gasteiger partial charge is 0.406 e. The molecule has 0 radical (unpaired) electrons. The Hall–Kier alpha value is -4.01. The van der Waals surface area contributed by atoms with Crippen LogP contribution in [0.15, 0.2) is 91.3 Å². The number of anilines is 2. The molecule has 0 aliphatic heterocycles. The van der Waals surface area contributed by atoms with Crippen molar-refractivity contribution >= 4 is 34.0 Å². The predicted octanol–water partition coefficient (Wildman–Crippen LogP) is 7.94. The first-order valence-electron chi connectivity index (χ1n) is 12.4. The minimum atomic E-state index is -4.73. The zero-order chi connectivity index (χ0) is 27.4. The lowest BCUT2D eigenvalue weighted by molar-refractivity contribution is -0.274. The molecule has 5 aromatic rings. The highest BCUT2D eigenvalue weighted by Crippen LogP contribution is 2.34. The van der Waals surface area contributed by atoms with E-state index in [9.17, 15) is 13.2 Å². The van der Waals surface area contributed by atoms with E-state index in [1.54, 1.807) is 12.1 Å². The molecule has 0 saturated heterocycles. The second-order valence-electron chi connectivity index (χ2n) is 9.14. The molecule has 2 heterocycles. The van der Waals surface area contributed by atoms with Crippen LogP contribution in [0.1, 0.15) is 17.5 Å². The van der Waals surface area contributed by atoms with Crippen LogP contribution in [0.2, 0.25) is 5.02 Å². The topological polar surface area (TPSA) is 65.1 Å². The maximum Gasteiger partial charge on any atom is 0.573 e. The summed E-state index contributed by atoms with van der Waals surface area (Å²) >= 11 is 6.23. The number of para-hydroxylation sites is 1. The van der Waals surface area contributed by atoms with Crippen molar-refractivity contribution < 1.29 is 17.9 Å². The van der Waals surface area contributed by atoms with Gasteiger partial charge in [-0.2, -0.15) is 0 Å². The number of pyridine rings is 1. The second-order valence-corrected chi connectivity index (χ2v) is 9.54. The minimum Gasteiger partial charge on any atom is -0.406 e. The number of fused-ring (bicyclic) bond motifs is 1. The third-order valence-electron chi connectivity index (χ3n) is 6.32. The van der Waals surface area contributed by atoms with Gasteiger partial charge in [-0.1, -0.05) is 48.0 Å². The van der Waals surface area contributed by atoms with Crippen LogP contribution in [0, 0.1) is 0 Å². The first kappa shape index (κ1) is 26.6. The van der Waals surface area contributed by atoms with E-state index >= 15 is 0 Å². The van der Waals surface area contributed by atoms with Gasteiger partial charge in [-0.05, 0) is 78.5 Å². The number of ether oxygens (including phenoxy) is 1. The van der Waals surface area contributed by atoms with E-state index in [1.807, 2.05) is 48.8 Å². The highest BCUT2D eigenvalue weighted by molar-refractivity contribution is 6.33. The number of rotatable bonds is 9. The van der Waals surface area contributed by atoms with Gasteiger partial charge in [-0.3, -0.25) is 0 Å². The first-order chi connectivity index (χ1) is 18.8. The molecule has 0 fully saturated rings. The van der Waals surface area contributed by atoms with Gasteiger partial charge in [0.2, 0.25) is 0 Å². The van der Waals surface area contributed by atoms with Crippen LogP contribution in [0.25, 0.3) is 22.0 Å². The van der Waals surface area contributed by atoms with Crippen LogP contribution in [-0.2, 0) is 13.0 Å². The molecule has 0 bridgehead atoms. The Kier molecular flexibility index (Phi) is 7.77. The highest BCUT2D eigenvalue weighted by Gasteiger charge is 2.31. The van der Waals surface area contributed by atoms with Gasteiger partial charge >= 0.3 is 6.36 Å². The van der Waals surface area contributed by atoms with Crippen LogP contribution < -0.4 is 15.8 Å². The third kappa shape index (κ3) is 6.53. The van der Waals surface area contributed by atoms with E-state index in [2.05, 4.69) is 37.8 Å². The normalized spacial score (nSPS) is 11.6. The average molecular weight is 551 g/mol. The molecule has 2 aromatic heterocycles. The van der Waals surface area contributed by atoms with Crippen molar-refractivity contribution in [2.75, 3.05) is 11.9 Å². The molecule has 0 spiro atoms. The minimum absolute atomic E-state index is 0.251. The summed E-state index contributed by atoms with van der Waals surface area (Å²) < 4.78 is 44.0. The SMILES string of the molecule is NCCCn1cc(-c2ccc(OC(F)(F)F)cc2)c2cc(Cc3ccc(Nc4ccccc4Cl)nc3)ccc21. The molecular weight excluding hydrogens is 525 g/mol. The zero-order valence-electron chi connectivity index (χ0n) is 20.9. The predicted molar refractivity (Wildman–Crippen MR) is 150 cm³/mol. The van der Waals surface area contributed by atoms with Crippen LogP contribution in [0.4, 0.5) is 24.7 Å². The lowest BCUT2D eigenvalue weighted by Crippen LogP contribution is -2.16. The first-order valence-corrected chi connectivity index (χ1v) is 12.8. The van der Waals surface area contributed by atoms with Gasteiger partial charge in [0.05, 0.1) is 10.7 Å². The lowest BCUT2D eigenvalue weighted by Gasteiger charge is -2.09. The average Bonchev–Trinajstić information content (AvgIpc) is 3.27. The maximum absolute atomic E-state index is 12.6.